The Hall–Kier alpha value is -0.860. The largest absolute Gasteiger partial charge is 0.381 e. The smallest absolute Gasteiger partial charge is 0.0649 e. The van der Waals surface area contributed by atoms with Gasteiger partial charge in [-0.2, -0.15) is 0 Å². The number of hydrogen-bond acceptors (Lipinski definition) is 2. The van der Waals surface area contributed by atoms with Gasteiger partial charge in [-0.15, -0.1) is 19.7 Å². The summed E-state index contributed by atoms with van der Waals surface area (Å²) in [6.45, 7) is 12.3. The van der Waals surface area contributed by atoms with Gasteiger partial charge in [0.05, 0.1) is 19.8 Å². The quantitative estimate of drug-likeness (QED) is 0.449. The first-order chi connectivity index (χ1) is 5.83. The van der Waals surface area contributed by atoms with E-state index >= 15 is 0 Å². The van der Waals surface area contributed by atoms with E-state index in [1.165, 1.54) is 0 Å². The number of rotatable bonds is 6. The minimum absolute atomic E-state index is 0.617. The molecule has 0 fully saturated rings. The van der Waals surface area contributed by atoms with Gasteiger partial charge in [-0.3, -0.25) is 0 Å². The Balaban J connectivity index is 0. The molecule has 0 aromatic carbocycles. The van der Waals surface area contributed by atoms with Crippen molar-refractivity contribution >= 4 is 0 Å². The summed E-state index contributed by atoms with van der Waals surface area (Å²) in [6, 6.07) is 0. The molecule has 0 saturated heterocycles. The van der Waals surface area contributed by atoms with Crippen LogP contribution >= 0.6 is 0 Å². The van der Waals surface area contributed by atoms with Crippen molar-refractivity contribution < 1.29 is 9.47 Å². The lowest BCUT2D eigenvalue weighted by Gasteiger charge is -1.89. The van der Waals surface area contributed by atoms with Crippen LogP contribution in [0.4, 0.5) is 0 Å². The predicted octanol–water partition coefficient (Wildman–Crippen LogP) is 2.19. The molecule has 0 aliphatic rings. The van der Waals surface area contributed by atoms with Gasteiger partial charge < -0.3 is 9.47 Å². The lowest BCUT2D eigenvalue weighted by Crippen LogP contribution is -1.87. The van der Waals surface area contributed by atoms with E-state index in [4.69, 9.17) is 4.74 Å². The summed E-state index contributed by atoms with van der Waals surface area (Å²) in [5.74, 6) is 0. The molecule has 0 bridgehead atoms. The summed E-state index contributed by atoms with van der Waals surface area (Å²) in [5, 5.41) is 0. The van der Waals surface area contributed by atoms with Gasteiger partial charge in [0, 0.05) is 7.11 Å². The van der Waals surface area contributed by atoms with E-state index in [9.17, 15) is 0 Å². The van der Waals surface area contributed by atoms with E-state index < -0.39 is 0 Å². The third kappa shape index (κ3) is 22.9. The first kappa shape index (κ1) is 13.7. The zero-order chi connectivity index (χ0) is 9.66. The fraction of sp³-hybridized carbons (Fsp3) is 0.400. The minimum atomic E-state index is 0.617. The third-order valence-corrected chi connectivity index (χ3v) is 0.756. The highest BCUT2D eigenvalue weighted by molar-refractivity contribution is 4.68. The highest BCUT2D eigenvalue weighted by atomic mass is 16.5. The zero-order valence-electron chi connectivity index (χ0n) is 7.79. The summed E-state index contributed by atoms with van der Waals surface area (Å²) in [7, 11) is 1.64. The Labute approximate surface area is 75.2 Å². The van der Waals surface area contributed by atoms with Gasteiger partial charge in [0.25, 0.3) is 0 Å². The Morgan fingerprint density at radius 2 is 1.33 bits per heavy atom. The molecule has 0 aliphatic heterocycles. The zero-order valence-corrected chi connectivity index (χ0v) is 7.79. The first-order valence-electron chi connectivity index (χ1n) is 3.72. The van der Waals surface area contributed by atoms with Crippen molar-refractivity contribution in [3.63, 3.8) is 0 Å². The van der Waals surface area contributed by atoms with Gasteiger partial charge in [0.1, 0.15) is 0 Å². The van der Waals surface area contributed by atoms with Crippen LogP contribution in [0, 0.1) is 0 Å². The van der Waals surface area contributed by atoms with Crippen LogP contribution in [0.2, 0.25) is 0 Å². The van der Waals surface area contributed by atoms with Crippen molar-refractivity contribution in [1.29, 1.82) is 0 Å². The molecule has 70 valence electrons. The number of hydrogen-bond donors (Lipinski definition) is 0. The van der Waals surface area contributed by atoms with Crippen molar-refractivity contribution in [1.82, 2.24) is 0 Å². The molecule has 0 spiro atoms. The molecule has 0 heterocycles. The Morgan fingerprint density at radius 3 is 1.50 bits per heavy atom. The molecule has 12 heavy (non-hydrogen) atoms. The van der Waals surface area contributed by atoms with E-state index in [-0.39, 0.29) is 0 Å². The Kier molecular flexibility index (Phi) is 19.0. The van der Waals surface area contributed by atoms with Crippen molar-refractivity contribution in [3.8, 4) is 0 Å². The van der Waals surface area contributed by atoms with Crippen molar-refractivity contribution in [2.75, 3.05) is 26.9 Å². The summed E-state index contributed by atoms with van der Waals surface area (Å²) in [6.07, 6.45) is 5.13. The average molecular weight is 170 g/mol. The summed E-state index contributed by atoms with van der Waals surface area (Å²) < 4.78 is 9.47. The van der Waals surface area contributed by atoms with Crippen LogP contribution < -0.4 is 0 Å². The Morgan fingerprint density at radius 1 is 0.917 bits per heavy atom. The number of ether oxygens (including phenoxy) is 2. The molecular weight excluding hydrogens is 152 g/mol. The van der Waals surface area contributed by atoms with Gasteiger partial charge in [-0.1, -0.05) is 18.2 Å². The molecule has 2 heteroatoms. The molecule has 2 nitrogen and oxygen atoms in total. The van der Waals surface area contributed by atoms with Crippen molar-refractivity contribution in [2.24, 2.45) is 0 Å². The normalized spacial score (nSPS) is 7.75. The van der Waals surface area contributed by atoms with Gasteiger partial charge in [-0.05, 0) is 0 Å². The van der Waals surface area contributed by atoms with E-state index in [1.807, 2.05) is 0 Å². The molecule has 0 amide bonds. The van der Waals surface area contributed by atoms with Crippen LogP contribution in [-0.4, -0.2) is 26.9 Å². The summed E-state index contributed by atoms with van der Waals surface area (Å²) in [5.41, 5.74) is 0. The van der Waals surface area contributed by atoms with Gasteiger partial charge in [-0.25, -0.2) is 0 Å². The van der Waals surface area contributed by atoms with Crippen LogP contribution in [0.1, 0.15) is 0 Å². The fourth-order valence-electron chi connectivity index (χ4n) is 0.353. The Bertz CT molecular complexity index is 100. The van der Waals surface area contributed by atoms with E-state index in [2.05, 4.69) is 24.5 Å². The fourth-order valence-corrected chi connectivity index (χ4v) is 0.353. The molecule has 0 aliphatic carbocycles. The van der Waals surface area contributed by atoms with Gasteiger partial charge >= 0.3 is 0 Å². The molecule has 0 N–H and O–H groups in total. The topological polar surface area (TPSA) is 18.5 Å². The van der Waals surface area contributed by atoms with E-state index in [1.54, 1.807) is 25.3 Å². The monoisotopic (exact) mass is 170 g/mol. The maximum absolute atomic E-state index is 4.90. The number of methoxy groups -OCH3 is 1. The second-order valence-electron chi connectivity index (χ2n) is 1.86. The molecule has 0 rings (SSSR count). The van der Waals surface area contributed by atoms with Crippen LogP contribution in [0.3, 0.4) is 0 Å². The van der Waals surface area contributed by atoms with Crippen molar-refractivity contribution in [3.05, 3.63) is 38.0 Å². The predicted molar refractivity (Wildman–Crippen MR) is 53.3 cm³/mol. The minimum Gasteiger partial charge on any atom is -0.381 e. The molecular formula is C10H18O2. The molecule has 0 aromatic heterocycles. The SMILES string of the molecule is C=CCOC.C=CCOCC=C. The van der Waals surface area contributed by atoms with Crippen LogP contribution in [-0.2, 0) is 9.47 Å². The average Bonchev–Trinajstić information content (AvgIpc) is 2.08. The van der Waals surface area contributed by atoms with Crippen LogP contribution in [0.15, 0.2) is 38.0 Å². The summed E-state index contributed by atoms with van der Waals surface area (Å²) >= 11 is 0. The van der Waals surface area contributed by atoms with Gasteiger partial charge in [0.15, 0.2) is 0 Å². The highest BCUT2D eigenvalue weighted by Crippen LogP contribution is 1.72. The molecule has 0 saturated carbocycles. The lowest BCUT2D eigenvalue weighted by molar-refractivity contribution is 0.194. The maximum atomic E-state index is 4.90. The van der Waals surface area contributed by atoms with E-state index in [0.717, 1.165) is 0 Å². The third-order valence-electron chi connectivity index (χ3n) is 0.756. The molecule has 0 unspecified atom stereocenters. The van der Waals surface area contributed by atoms with Crippen LogP contribution in [0.25, 0.3) is 0 Å². The summed E-state index contributed by atoms with van der Waals surface area (Å²) in [4.78, 5) is 0. The molecule has 0 atom stereocenters. The van der Waals surface area contributed by atoms with Crippen molar-refractivity contribution in [2.45, 2.75) is 0 Å². The van der Waals surface area contributed by atoms with Crippen LogP contribution in [0.5, 0.6) is 0 Å². The highest BCUT2D eigenvalue weighted by Gasteiger charge is 1.70. The first-order valence-corrected chi connectivity index (χ1v) is 3.72. The molecule has 0 aromatic rings. The maximum Gasteiger partial charge on any atom is 0.0649 e. The molecule has 0 radical (unpaired) electrons. The van der Waals surface area contributed by atoms with E-state index in [0.29, 0.717) is 19.8 Å². The lowest BCUT2D eigenvalue weighted by atomic mass is 10.6. The second kappa shape index (κ2) is 16.6. The standard InChI is InChI=1S/C6H10O.C4H8O/c1-3-5-7-6-4-2;1-3-4-5-2/h3-4H,1-2,5-6H2;3H,1,4H2,2H3. The van der Waals surface area contributed by atoms with Gasteiger partial charge in [0.2, 0.25) is 0 Å². The second-order valence-corrected chi connectivity index (χ2v) is 1.86.